The summed E-state index contributed by atoms with van der Waals surface area (Å²) in [6.07, 6.45) is 0.552. The monoisotopic (exact) mass is 361 g/mol. The van der Waals surface area contributed by atoms with Gasteiger partial charge in [-0.3, -0.25) is 0 Å². The number of benzene rings is 1. The van der Waals surface area contributed by atoms with E-state index in [1.165, 1.54) is 0 Å². The number of quaternary nitrogens is 1. The van der Waals surface area contributed by atoms with Gasteiger partial charge in [-0.1, -0.05) is 19.1 Å². The average molecular weight is 361 g/mol. The highest BCUT2D eigenvalue weighted by atomic mass is 127. The highest BCUT2D eigenvalue weighted by molar-refractivity contribution is 5.88. The van der Waals surface area contributed by atoms with E-state index in [0.29, 0.717) is 17.8 Å². The zero-order valence-corrected chi connectivity index (χ0v) is 12.7. The van der Waals surface area contributed by atoms with Crippen molar-refractivity contribution in [2.75, 3.05) is 7.05 Å². The molecule has 0 aromatic heterocycles. The topological polar surface area (TPSA) is 71.6 Å². The van der Waals surface area contributed by atoms with Crippen LogP contribution in [0.4, 0.5) is 5.69 Å². The number of fused-ring (bicyclic) bond motifs is 1. The summed E-state index contributed by atoms with van der Waals surface area (Å²) in [6.45, 7) is 2.05. The molecule has 0 spiro atoms. The second-order valence-electron chi connectivity index (χ2n) is 4.73. The summed E-state index contributed by atoms with van der Waals surface area (Å²) in [4.78, 5) is 0. The number of hydroxylamine groups is 1. The van der Waals surface area contributed by atoms with E-state index in [9.17, 15) is 10.3 Å². The normalized spacial score (nSPS) is 24.8. The quantitative estimate of drug-likeness (QED) is 0.317. The van der Waals surface area contributed by atoms with Crippen LogP contribution in [0.3, 0.4) is 0 Å². The van der Waals surface area contributed by atoms with Crippen molar-refractivity contribution in [3.63, 3.8) is 0 Å². The molecule has 0 amide bonds. The number of hydrogen-bond acceptors (Lipinski definition) is 3. The summed E-state index contributed by atoms with van der Waals surface area (Å²) >= 11 is 0. The summed E-state index contributed by atoms with van der Waals surface area (Å²) in [5, 5.41) is 29.5. The van der Waals surface area contributed by atoms with Crippen LogP contribution < -0.4 is 29.0 Å². The maximum Gasteiger partial charge on any atom is 0.134 e. The lowest BCUT2D eigenvalue weighted by molar-refractivity contribution is -0.751. The van der Waals surface area contributed by atoms with Gasteiger partial charge in [0.15, 0.2) is 0 Å². The Labute approximate surface area is 124 Å². The Morgan fingerprint density at radius 3 is 2.72 bits per heavy atom. The molecule has 1 aliphatic rings. The third kappa shape index (κ3) is 2.74. The molecule has 3 atom stereocenters. The SMILES string of the molecule is CC1CCC(=N)C(O)c2cccc([NH+](C)[O-])c21.[I-]. The fourth-order valence-corrected chi connectivity index (χ4v) is 2.52. The second-order valence-corrected chi connectivity index (χ2v) is 4.73. The predicted molar refractivity (Wildman–Crippen MR) is 66.7 cm³/mol. The first-order chi connectivity index (χ1) is 8.02. The first-order valence-electron chi connectivity index (χ1n) is 5.91. The lowest BCUT2D eigenvalue weighted by atomic mass is 9.92. The molecule has 0 heterocycles. The van der Waals surface area contributed by atoms with E-state index in [4.69, 9.17) is 5.41 Å². The summed E-state index contributed by atoms with van der Waals surface area (Å²) in [5.74, 6) is 0.211. The van der Waals surface area contributed by atoms with Crippen LogP contribution >= 0.6 is 0 Å². The molecular weight excluding hydrogens is 343 g/mol. The van der Waals surface area contributed by atoms with E-state index in [2.05, 4.69) is 6.92 Å². The first kappa shape index (κ1) is 15.6. The van der Waals surface area contributed by atoms with Crippen LogP contribution in [0.15, 0.2) is 18.2 Å². The van der Waals surface area contributed by atoms with Gasteiger partial charge in [0, 0.05) is 11.3 Å². The Hall–Kier alpha value is -0.500. The van der Waals surface area contributed by atoms with Crippen molar-refractivity contribution < 1.29 is 34.1 Å². The Balaban J connectivity index is 0.00000162. The van der Waals surface area contributed by atoms with Crippen LogP contribution in [-0.4, -0.2) is 17.9 Å². The maximum absolute atomic E-state index is 11.6. The molecule has 0 radical (unpaired) electrons. The van der Waals surface area contributed by atoms with Gasteiger partial charge in [0.05, 0.1) is 7.05 Å². The third-order valence-corrected chi connectivity index (χ3v) is 3.48. The van der Waals surface area contributed by atoms with Gasteiger partial charge in [0.1, 0.15) is 11.8 Å². The Bertz CT molecular complexity index is 449. The number of aliphatic hydroxyl groups excluding tert-OH is 1. The molecule has 1 aliphatic carbocycles. The Morgan fingerprint density at radius 2 is 2.11 bits per heavy atom. The number of hydrogen-bond donors (Lipinski definition) is 3. The summed E-state index contributed by atoms with van der Waals surface area (Å²) in [7, 11) is 1.55. The van der Waals surface area contributed by atoms with E-state index in [0.717, 1.165) is 17.5 Å². The maximum atomic E-state index is 11.6. The number of aliphatic hydroxyl groups is 1. The molecule has 0 aliphatic heterocycles. The molecule has 4 nitrogen and oxygen atoms in total. The van der Waals surface area contributed by atoms with Crippen LogP contribution in [0.5, 0.6) is 0 Å². The van der Waals surface area contributed by atoms with E-state index >= 15 is 0 Å². The van der Waals surface area contributed by atoms with Gasteiger partial charge in [0.25, 0.3) is 0 Å². The van der Waals surface area contributed by atoms with Crippen LogP contribution in [-0.2, 0) is 0 Å². The van der Waals surface area contributed by atoms with Gasteiger partial charge in [-0.2, -0.15) is 0 Å². The van der Waals surface area contributed by atoms with E-state index in [-0.39, 0.29) is 35.0 Å². The van der Waals surface area contributed by atoms with Crippen molar-refractivity contribution in [3.05, 3.63) is 34.5 Å². The molecule has 0 saturated carbocycles. The van der Waals surface area contributed by atoms with Gasteiger partial charge in [-0.05, 0) is 30.4 Å². The fraction of sp³-hybridized carbons (Fsp3) is 0.462. The lowest BCUT2D eigenvalue weighted by Gasteiger charge is -2.24. The zero-order valence-electron chi connectivity index (χ0n) is 10.5. The molecular formula is C13H18IN2O2-. The minimum Gasteiger partial charge on any atom is -1.00 e. The first-order valence-corrected chi connectivity index (χ1v) is 5.91. The molecule has 5 heteroatoms. The van der Waals surface area contributed by atoms with Crippen molar-refractivity contribution in [1.29, 1.82) is 5.41 Å². The molecule has 1 aromatic rings. The molecule has 0 bridgehead atoms. The van der Waals surface area contributed by atoms with Crippen LogP contribution in [0.25, 0.3) is 0 Å². The lowest BCUT2D eigenvalue weighted by Crippen LogP contribution is -3.00. The third-order valence-electron chi connectivity index (χ3n) is 3.48. The van der Waals surface area contributed by atoms with Gasteiger partial charge in [-0.15, -0.1) is 0 Å². The highest BCUT2D eigenvalue weighted by Crippen LogP contribution is 2.36. The minimum atomic E-state index is -0.853. The van der Waals surface area contributed by atoms with Gasteiger partial charge >= 0.3 is 0 Å². The van der Waals surface area contributed by atoms with Gasteiger partial charge < -0.3 is 44.8 Å². The summed E-state index contributed by atoms with van der Waals surface area (Å²) in [5.41, 5.74) is 2.68. The molecule has 2 rings (SSSR count). The smallest absolute Gasteiger partial charge is 0.134 e. The van der Waals surface area contributed by atoms with Crippen LogP contribution in [0.1, 0.15) is 42.9 Å². The van der Waals surface area contributed by atoms with Crippen molar-refractivity contribution in [2.24, 2.45) is 0 Å². The van der Waals surface area contributed by atoms with Crippen molar-refractivity contribution in [1.82, 2.24) is 0 Å². The van der Waals surface area contributed by atoms with Gasteiger partial charge in [0.2, 0.25) is 0 Å². The van der Waals surface area contributed by atoms with Crippen LogP contribution in [0.2, 0.25) is 0 Å². The van der Waals surface area contributed by atoms with Crippen molar-refractivity contribution in [3.8, 4) is 0 Å². The molecule has 0 fully saturated rings. The summed E-state index contributed by atoms with van der Waals surface area (Å²) in [6, 6.07) is 5.41. The minimum absolute atomic E-state index is 0. The van der Waals surface area contributed by atoms with Crippen molar-refractivity contribution in [2.45, 2.75) is 31.8 Å². The molecule has 1 aromatic carbocycles. The number of rotatable bonds is 1. The Morgan fingerprint density at radius 1 is 1.44 bits per heavy atom. The van der Waals surface area contributed by atoms with Crippen molar-refractivity contribution >= 4 is 11.4 Å². The summed E-state index contributed by atoms with van der Waals surface area (Å²) < 4.78 is 0. The van der Waals surface area contributed by atoms with Crippen LogP contribution in [0, 0.1) is 10.6 Å². The number of halogens is 1. The molecule has 100 valence electrons. The molecule has 3 N–H and O–H groups in total. The average Bonchev–Trinajstić information content (AvgIpc) is 2.42. The van der Waals surface area contributed by atoms with E-state index < -0.39 is 6.10 Å². The highest BCUT2D eigenvalue weighted by Gasteiger charge is 2.28. The Kier molecular flexibility index (Phi) is 5.27. The largest absolute Gasteiger partial charge is 1.00 e. The second kappa shape index (κ2) is 6.10. The van der Waals surface area contributed by atoms with E-state index in [1.54, 1.807) is 19.2 Å². The zero-order chi connectivity index (χ0) is 12.6. The fourth-order valence-electron chi connectivity index (χ4n) is 2.52. The molecule has 18 heavy (non-hydrogen) atoms. The van der Waals surface area contributed by atoms with E-state index in [1.807, 2.05) is 6.07 Å². The number of nitrogens with one attached hydrogen (secondary N) is 2. The predicted octanol–water partition coefficient (Wildman–Crippen LogP) is -1.71. The molecule has 0 saturated heterocycles. The van der Waals surface area contributed by atoms with Gasteiger partial charge in [-0.25, -0.2) is 0 Å². The molecule has 3 unspecified atom stereocenters. The standard InChI is InChI=1S/C13H18N2O2.HI/c1-8-6-7-10(14)13(16)9-4-3-5-11(12(8)9)15(2)17;/h3-5,8,13-16H,6-7H2,1-2H3;1H/p-1.